The third kappa shape index (κ3) is 3.45. The summed E-state index contributed by atoms with van der Waals surface area (Å²) in [6, 6.07) is 12.8. The Morgan fingerprint density at radius 3 is 2.30 bits per heavy atom. The van der Waals surface area contributed by atoms with Gasteiger partial charge in [0.2, 0.25) is 0 Å². The van der Waals surface area contributed by atoms with Crippen LogP contribution in [0.15, 0.2) is 42.5 Å². The summed E-state index contributed by atoms with van der Waals surface area (Å²) in [6.07, 6.45) is -0.168. The highest BCUT2D eigenvalue weighted by Crippen LogP contribution is 2.23. The van der Waals surface area contributed by atoms with E-state index in [1.54, 1.807) is 6.07 Å². The summed E-state index contributed by atoms with van der Waals surface area (Å²) in [5.41, 5.74) is 3.92. The Morgan fingerprint density at radius 1 is 1.05 bits per heavy atom. The maximum absolute atomic E-state index is 13.3. The molecule has 20 heavy (non-hydrogen) atoms. The fraction of sp³-hybridized carbons (Fsp3) is 0.333. The number of rotatable bonds is 4. The summed E-state index contributed by atoms with van der Waals surface area (Å²) in [4.78, 5) is 0. The molecule has 0 heterocycles. The molecule has 2 aromatic rings. The van der Waals surface area contributed by atoms with Gasteiger partial charge in [-0.1, -0.05) is 44.2 Å². The monoisotopic (exact) mass is 272 g/mol. The summed E-state index contributed by atoms with van der Waals surface area (Å²) >= 11 is 0. The first kappa shape index (κ1) is 14.7. The van der Waals surface area contributed by atoms with Crippen molar-refractivity contribution < 1.29 is 9.50 Å². The van der Waals surface area contributed by atoms with Crippen molar-refractivity contribution in [2.45, 2.75) is 39.2 Å². The number of hydrogen-bond donors (Lipinski definition) is 1. The van der Waals surface area contributed by atoms with Crippen molar-refractivity contribution in [2.75, 3.05) is 0 Å². The zero-order valence-electron chi connectivity index (χ0n) is 12.2. The van der Waals surface area contributed by atoms with E-state index in [0.717, 1.165) is 11.1 Å². The Balaban J connectivity index is 2.14. The third-order valence-corrected chi connectivity index (χ3v) is 3.68. The van der Waals surface area contributed by atoms with Crippen molar-refractivity contribution in [1.82, 2.24) is 0 Å². The van der Waals surface area contributed by atoms with Crippen LogP contribution < -0.4 is 0 Å². The van der Waals surface area contributed by atoms with Crippen LogP contribution >= 0.6 is 0 Å². The van der Waals surface area contributed by atoms with Crippen molar-refractivity contribution >= 4 is 0 Å². The Labute approximate surface area is 120 Å². The molecule has 0 spiro atoms. The smallest absolute Gasteiger partial charge is 0.123 e. The second kappa shape index (κ2) is 6.19. The molecule has 2 heteroatoms. The minimum atomic E-state index is -0.671. The molecule has 1 atom stereocenters. The van der Waals surface area contributed by atoms with Gasteiger partial charge in [-0.2, -0.15) is 0 Å². The van der Waals surface area contributed by atoms with Gasteiger partial charge in [-0.15, -0.1) is 0 Å². The first-order valence-electron chi connectivity index (χ1n) is 7.00. The summed E-state index contributed by atoms with van der Waals surface area (Å²) in [5, 5.41) is 10.3. The predicted octanol–water partition coefficient (Wildman–Crippen LogP) is 4.53. The van der Waals surface area contributed by atoms with Crippen LogP contribution in [0.1, 0.15) is 48.1 Å². The van der Waals surface area contributed by atoms with E-state index in [1.807, 2.05) is 19.1 Å². The minimum Gasteiger partial charge on any atom is -0.388 e. The number of aliphatic hydroxyl groups excluding tert-OH is 1. The summed E-state index contributed by atoms with van der Waals surface area (Å²) in [5.74, 6) is 0.194. The summed E-state index contributed by atoms with van der Waals surface area (Å²) in [6.45, 7) is 6.19. The van der Waals surface area contributed by atoms with E-state index in [9.17, 15) is 9.50 Å². The van der Waals surface area contributed by atoms with Crippen molar-refractivity contribution in [3.8, 4) is 0 Å². The van der Waals surface area contributed by atoms with Gasteiger partial charge < -0.3 is 5.11 Å². The SMILES string of the molecule is Cc1ccc(F)cc1C(O)Cc1ccc(C(C)C)cc1. The molecule has 0 saturated carbocycles. The van der Waals surface area contributed by atoms with Crippen LogP contribution in [0.25, 0.3) is 0 Å². The van der Waals surface area contributed by atoms with Crippen molar-refractivity contribution in [1.29, 1.82) is 0 Å². The molecular formula is C18H21FO. The lowest BCUT2D eigenvalue weighted by molar-refractivity contribution is 0.177. The number of halogens is 1. The third-order valence-electron chi connectivity index (χ3n) is 3.68. The van der Waals surface area contributed by atoms with E-state index in [2.05, 4.69) is 26.0 Å². The second-order valence-electron chi connectivity index (χ2n) is 5.62. The zero-order valence-corrected chi connectivity index (χ0v) is 12.2. The fourth-order valence-electron chi connectivity index (χ4n) is 2.34. The van der Waals surface area contributed by atoms with Crippen molar-refractivity contribution in [3.05, 3.63) is 70.5 Å². The molecule has 0 aromatic heterocycles. The van der Waals surface area contributed by atoms with Crippen LogP contribution in [-0.2, 0) is 6.42 Å². The van der Waals surface area contributed by atoms with E-state index in [4.69, 9.17) is 0 Å². The predicted molar refractivity (Wildman–Crippen MR) is 80.3 cm³/mol. The first-order chi connectivity index (χ1) is 9.47. The topological polar surface area (TPSA) is 20.2 Å². The van der Waals surface area contributed by atoms with Crippen molar-refractivity contribution in [2.24, 2.45) is 0 Å². The van der Waals surface area contributed by atoms with Gasteiger partial charge in [0.1, 0.15) is 5.82 Å². The van der Waals surface area contributed by atoms with Gasteiger partial charge in [0.05, 0.1) is 6.10 Å². The summed E-state index contributed by atoms with van der Waals surface area (Å²) in [7, 11) is 0. The lowest BCUT2D eigenvalue weighted by Crippen LogP contribution is -2.04. The molecule has 0 radical (unpaired) electrons. The number of aryl methyl sites for hydroxylation is 1. The molecule has 0 saturated heterocycles. The molecule has 0 aliphatic heterocycles. The maximum atomic E-state index is 13.3. The van der Waals surface area contributed by atoms with Gasteiger partial charge in [-0.25, -0.2) is 4.39 Å². The molecular weight excluding hydrogens is 251 g/mol. The van der Waals surface area contributed by atoms with Crippen LogP contribution in [-0.4, -0.2) is 5.11 Å². The number of hydrogen-bond acceptors (Lipinski definition) is 1. The van der Waals surface area contributed by atoms with E-state index in [1.165, 1.54) is 17.7 Å². The average molecular weight is 272 g/mol. The average Bonchev–Trinajstić information content (AvgIpc) is 2.42. The second-order valence-corrected chi connectivity index (χ2v) is 5.62. The molecule has 2 aromatic carbocycles. The van der Waals surface area contributed by atoms with Gasteiger partial charge in [0, 0.05) is 6.42 Å². The quantitative estimate of drug-likeness (QED) is 0.866. The van der Waals surface area contributed by atoms with Crippen LogP contribution in [0.2, 0.25) is 0 Å². The number of aliphatic hydroxyl groups is 1. The van der Waals surface area contributed by atoms with Crippen LogP contribution in [0.5, 0.6) is 0 Å². The molecule has 2 rings (SSSR count). The highest BCUT2D eigenvalue weighted by atomic mass is 19.1. The molecule has 106 valence electrons. The molecule has 0 fully saturated rings. The molecule has 0 aliphatic carbocycles. The molecule has 0 amide bonds. The highest BCUT2D eigenvalue weighted by molar-refractivity contribution is 5.31. The standard InChI is InChI=1S/C18H21FO/c1-12(2)15-7-5-14(6-8-15)10-18(20)17-11-16(19)9-4-13(17)3/h4-9,11-12,18,20H,10H2,1-3H3. The van der Waals surface area contributed by atoms with Gasteiger partial charge in [0.15, 0.2) is 0 Å². The van der Waals surface area contributed by atoms with Gasteiger partial charge >= 0.3 is 0 Å². The zero-order chi connectivity index (χ0) is 14.7. The Morgan fingerprint density at radius 2 is 1.70 bits per heavy atom. The highest BCUT2D eigenvalue weighted by Gasteiger charge is 2.12. The van der Waals surface area contributed by atoms with Crippen LogP contribution in [0.3, 0.4) is 0 Å². The van der Waals surface area contributed by atoms with Gasteiger partial charge in [-0.05, 0) is 47.2 Å². The lowest BCUT2D eigenvalue weighted by Gasteiger charge is -2.14. The Kier molecular flexibility index (Phi) is 4.56. The molecule has 1 unspecified atom stereocenters. The number of benzene rings is 2. The van der Waals surface area contributed by atoms with E-state index in [0.29, 0.717) is 17.9 Å². The van der Waals surface area contributed by atoms with Crippen molar-refractivity contribution in [3.63, 3.8) is 0 Å². The largest absolute Gasteiger partial charge is 0.388 e. The minimum absolute atomic E-state index is 0.306. The van der Waals surface area contributed by atoms with Crippen LogP contribution in [0.4, 0.5) is 4.39 Å². The first-order valence-corrected chi connectivity index (χ1v) is 7.00. The van der Waals surface area contributed by atoms with Crippen LogP contribution in [0, 0.1) is 12.7 Å². The van der Waals surface area contributed by atoms with E-state index in [-0.39, 0.29) is 5.82 Å². The lowest BCUT2D eigenvalue weighted by atomic mass is 9.95. The van der Waals surface area contributed by atoms with Gasteiger partial charge in [-0.3, -0.25) is 0 Å². The Bertz CT molecular complexity index is 572. The molecule has 1 N–H and O–H groups in total. The molecule has 0 bridgehead atoms. The maximum Gasteiger partial charge on any atom is 0.123 e. The Hall–Kier alpha value is -1.67. The fourth-order valence-corrected chi connectivity index (χ4v) is 2.34. The van der Waals surface area contributed by atoms with Gasteiger partial charge in [0.25, 0.3) is 0 Å². The van der Waals surface area contributed by atoms with E-state index >= 15 is 0 Å². The molecule has 1 nitrogen and oxygen atoms in total. The van der Waals surface area contributed by atoms with E-state index < -0.39 is 6.10 Å². The summed E-state index contributed by atoms with van der Waals surface area (Å²) < 4.78 is 13.3. The normalized spacial score (nSPS) is 12.7. The molecule has 0 aliphatic rings.